The van der Waals surface area contributed by atoms with Gasteiger partial charge in [-0.05, 0) is 53.1 Å². The van der Waals surface area contributed by atoms with E-state index in [0.29, 0.717) is 24.4 Å². The molecule has 1 rings (SSSR count). The van der Waals surface area contributed by atoms with Crippen LogP contribution < -0.4 is 5.32 Å². The molecule has 0 aromatic heterocycles. The number of likely N-dealkylation sites (tertiary alicyclic amines) is 1. The van der Waals surface area contributed by atoms with Crippen molar-refractivity contribution >= 4 is 18.3 Å². The maximum atomic E-state index is 12.0. The largest absolute Gasteiger partial charge is 0.337 e. The van der Waals surface area contributed by atoms with Gasteiger partial charge in [0, 0.05) is 18.5 Å². The van der Waals surface area contributed by atoms with Crippen molar-refractivity contribution in [2.24, 2.45) is 0 Å². The molecule has 1 aliphatic heterocycles. The summed E-state index contributed by atoms with van der Waals surface area (Å²) < 4.78 is 0. The molecule has 0 aromatic carbocycles. The standard InChI is InChI=1S/C12H24N2O.ClH/c1-10-6-4-7-11(2)14(10)12(15)8-5-9-13-3;/h10-11,13H,4-9H2,1-3H3;1H. The minimum atomic E-state index is 0. The Balaban J connectivity index is 0.00000225. The third-order valence-corrected chi connectivity index (χ3v) is 3.30. The summed E-state index contributed by atoms with van der Waals surface area (Å²) in [5.41, 5.74) is 0. The Kier molecular flexibility index (Phi) is 7.77. The number of nitrogens with one attached hydrogen (secondary N) is 1. The zero-order chi connectivity index (χ0) is 11.3. The number of amides is 1. The molecule has 96 valence electrons. The molecule has 1 amide bonds. The average Bonchev–Trinajstić information content (AvgIpc) is 2.18. The average molecular weight is 249 g/mol. The van der Waals surface area contributed by atoms with E-state index in [1.165, 1.54) is 19.3 Å². The maximum absolute atomic E-state index is 12.0. The number of hydrogen-bond acceptors (Lipinski definition) is 2. The lowest BCUT2D eigenvalue weighted by atomic mass is 9.97. The minimum Gasteiger partial charge on any atom is -0.337 e. The zero-order valence-electron chi connectivity index (χ0n) is 10.7. The molecule has 1 N–H and O–H groups in total. The highest BCUT2D eigenvalue weighted by molar-refractivity contribution is 5.85. The fourth-order valence-corrected chi connectivity index (χ4v) is 2.46. The van der Waals surface area contributed by atoms with Crippen LogP contribution in [0.5, 0.6) is 0 Å². The first-order valence-electron chi connectivity index (χ1n) is 6.12. The Morgan fingerprint density at radius 2 is 1.88 bits per heavy atom. The molecule has 0 bridgehead atoms. The number of piperidine rings is 1. The van der Waals surface area contributed by atoms with Crippen LogP contribution in [0.1, 0.15) is 46.0 Å². The van der Waals surface area contributed by atoms with Gasteiger partial charge < -0.3 is 10.2 Å². The molecular weight excluding hydrogens is 224 g/mol. The molecule has 2 unspecified atom stereocenters. The van der Waals surface area contributed by atoms with Gasteiger partial charge in [0.05, 0.1) is 0 Å². The molecule has 3 nitrogen and oxygen atoms in total. The smallest absolute Gasteiger partial charge is 0.223 e. The Labute approximate surface area is 105 Å². The summed E-state index contributed by atoms with van der Waals surface area (Å²) in [6, 6.07) is 0.881. The van der Waals surface area contributed by atoms with Crippen LogP contribution in [0.15, 0.2) is 0 Å². The van der Waals surface area contributed by atoms with Gasteiger partial charge in [-0.2, -0.15) is 0 Å². The van der Waals surface area contributed by atoms with Crippen LogP contribution >= 0.6 is 12.4 Å². The first-order valence-corrected chi connectivity index (χ1v) is 6.12. The molecule has 1 saturated heterocycles. The number of halogens is 1. The first-order chi connectivity index (χ1) is 7.16. The van der Waals surface area contributed by atoms with Crippen molar-refractivity contribution in [2.75, 3.05) is 13.6 Å². The van der Waals surface area contributed by atoms with Crippen molar-refractivity contribution in [3.8, 4) is 0 Å². The predicted octanol–water partition coefficient (Wildman–Crippen LogP) is 2.20. The summed E-state index contributed by atoms with van der Waals surface area (Å²) >= 11 is 0. The number of carbonyl (C=O) groups is 1. The van der Waals surface area contributed by atoms with Gasteiger partial charge >= 0.3 is 0 Å². The van der Waals surface area contributed by atoms with Gasteiger partial charge in [-0.25, -0.2) is 0 Å². The van der Waals surface area contributed by atoms with Gasteiger partial charge in [0.25, 0.3) is 0 Å². The molecule has 1 heterocycles. The van der Waals surface area contributed by atoms with E-state index in [1.807, 2.05) is 7.05 Å². The number of nitrogens with zero attached hydrogens (tertiary/aromatic N) is 1. The van der Waals surface area contributed by atoms with Crippen LogP contribution in [-0.4, -0.2) is 36.5 Å². The maximum Gasteiger partial charge on any atom is 0.223 e. The van der Waals surface area contributed by atoms with Crippen molar-refractivity contribution in [2.45, 2.75) is 58.0 Å². The SMILES string of the molecule is CNCCCC(=O)N1C(C)CCCC1C.Cl. The first kappa shape index (κ1) is 15.7. The van der Waals surface area contributed by atoms with Crippen molar-refractivity contribution in [3.05, 3.63) is 0 Å². The molecular formula is C12H25ClN2O. The Morgan fingerprint density at radius 3 is 2.38 bits per heavy atom. The minimum absolute atomic E-state index is 0. The number of carbonyl (C=O) groups excluding carboxylic acids is 1. The molecule has 0 aliphatic carbocycles. The normalized spacial score (nSPS) is 25.1. The summed E-state index contributed by atoms with van der Waals surface area (Å²) in [6.45, 7) is 5.28. The van der Waals surface area contributed by atoms with Crippen LogP contribution in [0.3, 0.4) is 0 Å². The van der Waals surface area contributed by atoms with E-state index < -0.39 is 0 Å². The summed E-state index contributed by atoms with van der Waals surface area (Å²) in [5, 5.41) is 3.08. The highest BCUT2D eigenvalue weighted by atomic mass is 35.5. The third-order valence-electron chi connectivity index (χ3n) is 3.30. The van der Waals surface area contributed by atoms with Gasteiger partial charge in [-0.1, -0.05) is 0 Å². The van der Waals surface area contributed by atoms with E-state index in [0.717, 1.165) is 13.0 Å². The molecule has 1 fully saturated rings. The monoisotopic (exact) mass is 248 g/mol. The van der Waals surface area contributed by atoms with Gasteiger partial charge in [-0.3, -0.25) is 4.79 Å². The molecule has 4 heteroatoms. The van der Waals surface area contributed by atoms with E-state index in [4.69, 9.17) is 0 Å². The Morgan fingerprint density at radius 1 is 1.31 bits per heavy atom. The van der Waals surface area contributed by atoms with Crippen molar-refractivity contribution in [1.82, 2.24) is 10.2 Å². The molecule has 0 spiro atoms. The number of hydrogen-bond donors (Lipinski definition) is 1. The van der Waals surface area contributed by atoms with Gasteiger partial charge in [0.15, 0.2) is 0 Å². The quantitative estimate of drug-likeness (QED) is 0.774. The highest BCUT2D eigenvalue weighted by Gasteiger charge is 2.27. The summed E-state index contributed by atoms with van der Waals surface area (Å²) in [7, 11) is 1.93. The van der Waals surface area contributed by atoms with Crippen LogP contribution in [0, 0.1) is 0 Å². The van der Waals surface area contributed by atoms with Crippen LogP contribution in [0.25, 0.3) is 0 Å². The molecule has 0 aromatic rings. The molecule has 2 atom stereocenters. The highest BCUT2D eigenvalue weighted by Crippen LogP contribution is 2.23. The second-order valence-corrected chi connectivity index (χ2v) is 4.64. The van der Waals surface area contributed by atoms with Crippen molar-refractivity contribution in [1.29, 1.82) is 0 Å². The lowest BCUT2D eigenvalue weighted by Gasteiger charge is -2.39. The molecule has 0 saturated carbocycles. The van der Waals surface area contributed by atoms with Crippen molar-refractivity contribution < 1.29 is 4.79 Å². The summed E-state index contributed by atoms with van der Waals surface area (Å²) in [4.78, 5) is 14.1. The summed E-state index contributed by atoms with van der Waals surface area (Å²) in [6.07, 6.45) is 5.24. The fourth-order valence-electron chi connectivity index (χ4n) is 2.46. The van der Waals surface area contributed by atoms with E-state index >= 15 is 0 Å². The van der Waals surface area contributed by atoms with Crippen LogP contribution in [0.2, 0.25) is 0 Å². The Hall–Kier alpha value is -0.280. The second kappa shape index (κ2) is 7.91. The van der Waals surface area contributed by atoms with Crippen LogP contribution in [0.4, 0.5) is 0 Å². The Bertz CT molecular complexity index is 201. The number of rotatable bonds is 4. The van der Waals surface area contributed by atoms with Crippen LogP contribution in [-0.2, 0) is 4.79 Å². The van der Waals surface area contributed by atoms with E-state index in [1.54, 1.807) is 0 Å². The predicted molar refractivity (Wildman–Crippen MR) is 70.0 cm³/mol. The lowest BCUT2D eigenvalue weighted by molar-refractivity contribution is -0.137. The summed E-state index contributed by atoms with van der Waals surface area (Å²) in [5.74, 6) is 0.338. The topological polar surface area (TPSA) is 32.3 Å². The third kappa shape index (κ3) is 4.30. The zero-order valence-corrected chi connectivity index (χ0v) is 11.5. The molecule has 0 radical (unpaired) electrons. The second-order valence-electron chi connectivity index (χ2n) is 4.64. The fraction of sp³-hybridized carbons (Fsp3) is 0.917. The lowest BCUT2D eigenvalue weighted by Crippen LogP contribution is -2.47. The molecule has 16 heavy (non-hydrogen) atoms. The molecule has 1 aliphatic rings. The van der Waals surface area contributed by atoms with Gasteiger partial charge in [0.1, 0.15) is 0 Å². The van der Waals surface area contributed by atoms with Gasteiger partial charge in [0.2, 0.25) is 5.91 Å². The van der Waals surface area contributed by atoms with E-state index in [9.17, 15) is 4.79 Å². The van der Waals surface area contributed by atoms with E-state index in [-0.39, 0.29) is 12.4 Å². The van der Waals surface area contributed by atoms with Crippen molar-refractivity contribution in [3.63, 3.8) is 0 Å². The van der Waals surface area contributed by atoms with E-state index in [2.05, 4.69) is 24.1 Å². The van der Waals surface area contributed by atoms with Gasteiger partial charge in [-0.15, -0.1) is 12.4 Å².